The van der Waals surface area contributed by atoms with E-state index in [1.54, 1.807) is 0 Å². The van der Waals surface area contributed by atoms with Gasteiger partial charge in [-0.3, -0.25) is 0 Å². The third kappa shape index (κ3) is 2.97. The maximum atomic E-state index is 9.40. The molecule has 7 rings (SSSR count). The second-order valence-electron chi connectivity index (χ2n) is 9.07. The number of ether oxygens (including phenoxy) is 1. The van der Waals surface area contributed by atoms with Crippen LogP contribution in [0.3, 0.4) is 0 Å². The third-order valence-electron chi connectivity index (χ3n) is 6.81. The smallest absolute Gasteiger partial charge is 0.152 e. The summed E-state index contributed by atoms with van der Waals surface area (Å²) in [5.74, 6) is 1.75. The lowest BCUT2D eigenvalue weighted by atomic mass is 9.96. The highest BCUT2D eigenvalue weighted by molar-refractivity contribution is 6.13. The predicted octanol–water partition coefficient (Wildman–Crippen LogP) is 8.40. The molecule has 6 aromatic rings. The number of aryl methyl sites for hydroxylation is 1. The largest absolute Gasteiger partial charge is 0.453 e. The molecule has 0 saturated heterocycles. The standard InChI is InChI=1S/C32H20N2O/c1-20-14-21(19-33)16-25(15-20)23-7-4-6-22(17-23)24-12-13-28-27(18-24)26-8-5-11-31-32(26)34(28)29-9-2-3-10-30(29)35-31/h2-18H,1H3. The van der Waals surface area contributed by atoms with Gasteiger partial charge in [0.05, 0.1) is 28.4 Å². The molecule has 0 amide bonds. The molecule has 0 unspecified atom stereocenters. The van der Waals surface area contributed by atoms with Crippen LogP contribution < -0.4 is 4.74 Å². The van der Waals surface area contributed by atoms with Crippen molar-refractivity contribution in [3.05, 3.63) is 114 Å². The number of para-hydroxylation sites is 3. The van der Waals surface area contributed by atoms with E-state index in [4.69, 9.17) is 4.74 Å². The van der Waals surface area contributed by atoms with Crippen LogP contribution in [0, 0.1) is 18.3 Å². The van der Waals surface area contributed by atoms with Crippen molar-refractivity contribution in [2.24, 2.45) is 0 Å². The van der Waals surface area contributed by atoms with Gasteiger partial charge in [0.1, 0.15) is 0 Å². The number of hydrogen-bond acceptors (Lipinski definition) is 2. The fourth-order valence-electron chi connectivity index (χ4n) is 5.29. The maximum absolute atomic E-state index is 9.40. The van der Waals surface area contributed by atoms with E-state index in [-0.39, 0.29) is 0 Å². The van der Waals surface area contributed by atoms with Gasteiger partial charge in [0, 0.05) is 10.8 Å². The summed E-state index contributed by atoms with van der Waals surface area (Å²) in [5, 5.41) is 11.8. The molecule has 0 bridgehead atoms. The Morgan fingerprint density at radius 3 is 2.31 bits per heavy atom. The molecular weight excluding hydrogens is 428 g/mol. The summed E-state index contributed by atoms with van der Waals surface area (Å²) >= 11 is 0. The first-order valence-electron chi connectivity index (χ1n) is 11.7. The number of nitrogens with zero attached hydrogens (tertiary/aromatic N) is 2. The van der Waals surface area contributed by atoms with Crippen LogP contribution in [0.5, 0.6) is 11.5 Å². The summed E-state index contributed by atoms with van der Waals surface area (Å²) in [7, 11) is 0. The Labute approximate surface area is 203 Å². The second kappa shape index (κ2) is 7.35. The van der Waals surface area contributed by atoms with E-state index in [9.17, 15) is 5.26 Å². The molecule has 1 aromatic heterocycles. The zero-order valence-corrected chi connectivity index (χ0v) is 19.1. The molecule has 0 spiro atoms. The molecule has 1 aliphatic heterocycles. The van der Waals surface area contributed by atoms with Crippen LogP contribution in [0.2, 0.25) is 0 Å². The molecule has 2 heterocycles. The molecule has 0 atom stereocenters. The monoisotopic (exact) mass is 448 g/mol. The number of fused-ring (bicyclic) bond motifs is 5. The first-order chi connectivity index (χ1) is 17.2. The van der Waals surface area contributed by atoms with Crippen molar-refractivity contribution in [3.8, 4) is 45.5 Å². The number of hydrogen-bond donors (Lipinski definition) is 0. The molecule has 0 radical (unpaired) electrons. The number of rotatable bonds is 2. The Morgan fingerprint density at radius 2 is 1.43 bits per heavy atom. The minimum Gasteiger partial charge on any atom is -0.453 e. The molecule has 164 valence electrons. The van der Waals surface area contributed by atoms with E-state index < -0.39 is 0 Å². The number of benzene rings is 5. The van der Waals surface area contributed by atoms with E-state index in [1.165, 1.54) is 16.3 Å². The molecule has 0 N–H and O–H groups in total. The average Bonchev–Trinajstić information content (AvgIpc) is 3.24. The van der Waals surface area contributed by atoms with Crippen molar-refractivity contribution in [2.75, 3.05) is 0 Å². The minimum absolute atomic E-state index is 0.684. The summed E-state index contributed by atoms with van der Waals surface area (Å²) in [4.78, 5) is 0. The lowest BCUT2D eigenvalue weighted by molar-refractivity contribution is 0.476. The Hall–Kier alpha value is -4.81. The highest BCUT2D eigenvalue weighted by atomic mass is 16.5. The van der Waals surface area contributed by atoms with Crippen LogP contribution >= 0.6 is 0 Å². The van der Waals surface area contributed by atoms with Gasteiger partial charge >= 0.3 is 0 Å². The molecule has 5 aromatic carbocycles. The van der Waals surface area contributed by atoms with Gasteiger partial charge in [-0.25, -0.2) is 0 Å². The van der Waals surface area contributed by atoms with Crippen LogP contribution in [0.25, 0.3) is 49.7 Å². The highest BCUT2D eigenvalue weighted by Gasteiger charge is 2.23. The van der Waals surface area contributed by atoms with Crippen LogP contribution in [0.1, 0.15) is 11.1 Å². The number of aromatic nitrogens is 1. The summed E-state index contributed by atoms with van der Waals surface area (Å²) < 4.78 is 8.56. The molecule has 35 heavy (non-hydrogen) atoms. The first-order valence-corrected chi connectivity index (χ1v) is 11.7. The van der Waals surface area contributed by atoms with E-state index in [0.717, 1.165) is 50.5 Å². The minimum atomic E-state index is 0.684. The fourth-order valence-corrected chi connectivity index (χ4v) is 5.29. The average molecular weight is 449 g/mol. The maximum Gasteiger partial charge on any atom is 0.152 e. The molecule has 3 nitrogen and oxygen atoms in total. The molecule has 3 heteroatoms. The Kier molecular flexibility index (Phi) is 4.12. The quantitative estimate of drug-likeness (QED) is 0.266. The van der Waals surface area contributed by atoms with Crippen molar-refractivity contribution < 1.29 is 4.74 Å². The zero-order valence-electron chi connectivity index (χ0n) is 19.1. The Balaban J connectivity index is 1.43. The molecule has 0 aliphatic carbocycles. The number of nitriles is 1. The van der Waals surface area contributed by atoms with E-state index in [2.05, 4.69) is 83.4 Å². The van der Waals surface area contributed by atoms with Crippen LogP contribution in [-0.2, 0) is 0 Å². The highest BCUT2D eigenvalue weighted by Crippen LogP contribution is 2.45. The van der Waals surface area contributed by atoms with Crippen molar-refractivity contribution in [1.29, 1.82) is 5.26 Å². The Bertz CT molecular complexity index is 1850. The SMILES string of the molecule is Cc1cc(C#N)cc(-c2cccc(-c3ccc4c(c3)c3cccc5c3n4-c3ccccc3O5)c2)c1. The van der Waals surface area contributed by atoms with Gasteiger partial charge < -0.3 is 9.30 Å². The van der Waals surface area contributed by atoms with Gasteiger partial charge in [-0.1, -0.05) is 54.6 Å². The van der Waals surface area contributed by atoms with Gasteiger partial charge in [-0.05, 0) is 83.3 Å². The molecular formula is C32H20N2O. The molecule has 1 aliphatic rings. The molecule has 0 fully saturated rings. The topological polar surface area (TPSA) is 38.0 Å². The second-order valence-corrected chi connectivity index (χ2v) is 9.07. The summed E-state index contributed by atoms with van der Waals surface area (Å²) in [6.07, 6.45) is 0. The third-order valence-corrected chi connectivity index (χ3v) is 6.81. The van der Waals surface area contributed by atoms with E-state index in [0.29, 0.717) is 5.56 Å². The fraction of sp³-hybridized carbons (Fsp3) is 0.0312. The predicted molar refractivity (Wildman–Crippen MR) is 141 cm³/mol. The lowest BCUT2D eigenvalue weighted by Crippen LogP contribution is -2.03. The van der Waals surface area contributed by atoms with Crippen molar-refractivity contribution in [3.63, 3.8) is 0 Å². The molecule has 0 saturated carbocycles. The normalized spacial score (nSPS) is 11.8. The summed E-state index contributed by atoms with van der Waals surface area (Å²) in [6.45, 7) is 2.03. The van der Waals surface area contributed by atoms with Crippen molar-refractivity contribution >= 4 is 21.8 Å². The van der Waals surface area contributed by atoms with Gasteiger partial charge in [0.15, 0.2) is 11.5 Å². The van der Waals surface area contributed by atoms with Crippen LogP contribution in [-0.4, -0.2) is 4.57 Å². The summed E-state index contributed by atoms with van der Waals surface area (Å²) in [6, 6.07) is 38.0. The van der Waals surface area contributed by atoms with E-state index in [1.807, 2.05) is 37.3 Å². The zero-order chi connectivity index (χ0) is 23.5. The van der Waals surface area contributed by atoms with Crippen LogP contribution in [0.15, 0.2) is 103 Å². The first kappa shape index (κ1) is 19.6. The van der Waals surface area contributed by atoms with Gasteiger partial charge in [-0.15, -0.1) is 0 Å². The van der Waals surface area contributed by atoms with Crippen LogP contribution in [0.4, 0.5) is 0 Å². The summed E-state index contributed by atoms with van der Waals surface area (Å²) in [5.41, 5.74) is 9.58. The lowest BCUT2D eigenvalue weighted by Gasteiger charge is -2.20. The van der Waals surface area contributed by atoms with Gasteiger partial charge in [0.2, 0.25) is 0 Å². The van der Waals surface area contributed by atoms with Crippen molar-refractivity contribution in [1.82, 2.24) is 4.57 Å². The Morgan fingerprint density at radius 1 is 0.657 bits per heavy atom. The van der Waals surface area contributed by atoms with Crippen molar-refractivity contribution in [2.45, 2.75) is 6.92 Å². The van der Waals surface area contributed by atoms with Gasteiger partial charge in [0.25, 0.3) is 0 Å². The van der Waals surface area contributed by atoms with E-state index >= 15 is 0 Å². The van der Waals surface area contributed by atoms with Gasteiger partial charge in [-0.2, -0.15) is 5.26 Å².